The second-order valence-electron chi connectivity index (χ2n) is 5.19. The number of amides is 1. The topological polar surface area (TPSA) is 87.8 Å². The Balaban J connectivity index is 1.88. The summed E-state index contributed by atoms with van der Waals surface area (Å²) >= 11 is 9.20. The van der Waals surface area contributed by atoms with Crippen LogP contribution in [0.4, 0.5) is 5.69 Å². The molecular formula is C17H10BrClN4O2. The summed E-state index contributed by atoms with van der Waals surface area (Å²) in [4.78, 5) is 28.9. The van der Waals surface area contributed by atoms with Crippen molar-refractivity contribution in [3.05, 3.63) is 68.1 Å². The van der Waals surface area contributed by atoms with E-state index >= 15 is 0 Å². The molecular weight excluding hydrogens is 408 g/mol. The van der Waals surface area contributed by atoms with Gasteiger partial charge in [0.15, 0.2) is 0 Å². The van der Waals surface area contributed by atoms with Crippen molar-refractivity contribution >= 4 is 50.0 Å². The Morgan fingerprint density at radius 1 is 1.32 bits per heavy atom. The predicted molar refractivity (Wildman–Crippen MR) is 98.5 cm³/mol. The van der Waals surface area contributed by atoms with Crippen LogP contribution in [0.3, 0.4) is 0 Å². The first kappa shape index (κ1) is 17.1. The summed E-state index contributed by atoms with van der Waals surface area (Å²) in [6, 6.07) is 11.7. The van der Waals surface area contributed by atoms with Gasteiger partial charge in [-0.2, -0.15) is 5.26 Å². The van der Waals surface area contributed by atoms with E-state index in [-0.39, 0.29) is 17.7 Å². The first-order valence-corrected chi connectivity index (χ1v) is 8.29. The van der Waals surface area contributed by atoms with E-state index in [1.54, 1.807) is 24.3 Å². The Hall–Kier alpha value is -2.69. The number of anilines is 1. The van der Waals surface area contributed by atoms with E-state index in [2.05, 4.69) is 26.2 Å². The van der Waals surface area contributed by atoms with Crippen LogP contribution in [0.2, 0.25) is 5.02 Å². The first-order chi connectivity index (χ1) is 12.0. The lowest BCUT2D eigenvalue weighted by atomic mass is 10.2. The Bertz CT molecular complexity index is 1090. The van der Waals surface area contributed by atoms with Crippen LogP contribution >= 0.6 is 27.5 Å². The molecule has 0 unspecified atom stereocenters. The Kier molecular flexibility index (Phi) is 4.83. The molecule has 124 valence electrons. The molecule has 0 aliphatic rings. The molecule has 8 heteroatoms. The maximum atomic E-state index is 12.5. The highest BCUT2D eigenvalue weighted by Crippen LogP contribution is 2.20. The van der Waals surface area contributed by atoms with Gasteiger partial charge >= 0.3 is 0 Å². The average molecular weight is 418 g/mol. The quantitative estimate of drug-likeness (QED) is 0.708. The Labute approximate surface area is 155 Å². The smallest absolute Gasteiger partial charge is 0.261 e. The number of benzene rings is 2. The largest absolute Gasteiger partial charge is 0.323 e. The van der Waals surface area contributed by atoms with Gasteiger partial charge in [-0.05, 0) is 36.4 Å². The van der Waals surface area contributed by atoms with Crippen molar-refractivity contribution in [2.24, 2.45) is 0 Å². The molecule has 0 atom stereocenters. The Morgan fingerprint density at radius 3 is 2.88 bits per heavy atom. The van der Waals surface area contributed by atoms with E-state index in [0.717, 1.165) is 4.47 Å². The fraction of sp³-hybridized carbons (Fsp3) is 0.0588. The summed E-state index contributed by atoms with van der Waals surface area (Å²) in [6.07, 6.45) is 1.32. The van der Waals surface area contributed by atoms with Crippen LogP contribution in [-0.2, 0) is 11.3 Å². The van der Waals surface area contributed by atoms with Gasteiger partial charge in [-0.15, -0.1) is 0 Å². The fourth-order valence-electron chi connectivity index (χ4n) is 2.31. The molecule has 0 aliphatic carbocycles. The second kappa shape index (κ2) is 7.05. The van der Waals surface area contributed by atoms with Crippen LogP contribution in [0, 0.1) is 11.3 Å². The standard InChI is InChI=1S/C17H10BrClN4O2/c18-11-2-4-14-13(5-11)17(25)23(9-21-14)8-16(24)22-15-6-12(19)3-1-10(15)7-20/h1-6,9H,8H2,(H,22,24). The number of nitrogens with one attached hydrogen (secondary N) is 1. The normalized spacial score (nSPS) is 10.4. The third-order valence-electron chi connectivity index (χ3n) is 3.48. The lowest BCUT2D eigenvalue weighted by Crippen LogP contribution is -2.28. The second-order valence-corrected chi connectivity index (χ2v) is 6.54. The molecule has 0 saturated carbocycles. The molecule has 3 aromatic rings. The summed E-state index contributed by atoms with van der Waals surface area (Å²) in [5, 5.41) is 12.5. The monoisotopic (exact) mass is 416 g/mol. The lowest BCUT2D eigenvalue weighted by molar-refractivity contribution is -0.116. The molecule has 1 heterocycles. The van der Waals surface area contributed by atoms with Crippen LogP contribution in [0.15, 0.2) is 52.0 Å². The lowest BCUT2D eigenvalue weighted by Gasteiger charge is -2.09. The van der Waals surface area contributed by atoms with Crippen molar-refractivity contribution < 1.29 is 4.79 Å². The Morgan fingerprint density at radius 2 is 2.12 bits per heavy atom. The maximum absolute atomic E-state index is 12.5. The van der Waals surface area contributed by atoms with Crippen molar-refractivity contribution in [1.29, 1.82) is 5.26 Å². The highest BCUT2D eigenvalue weighted by Gasteiger charge is 2.11. The summed E-state index contributed by atoms with van der Waals surface area (Å²) < 4.78 is 1.96. The number of nitriles is 1. The van der Waals surface area contributed by atoms with Crippen molar-refractivity contribution in [3.63, 3.8) is 0 Å². The van der Waals surface area contributed by atoms with E-state index in [1.807, 2.05) is 6.07 Å². The molecule has 3 rings (SSSR count). The van der Waals surface area contributed by atoms with Gasteiger partial charge in [0.05, 0.1) is 28.5 Å². The molecule has 0 bridgehead atoms. The van der Waals surface area contributed by atoms with Gasteiger partial charge < -0.3 is 5.32 Å². The highest BCUT2D eigenvalue weighted by molar-refractivity contribution is 9.10. The van der Waals surface area contributed by atoms with Gasteiger partial charge in [-0.3, -0.25) is 14.2 Å². The zero-order valence-corrected chi connectivity index (χ0v) is 15.0. The number of rotatable bonds is 3. The molecule has 0 saturated heterocycles. The van der Waals surface area contributed by atoms with E-state index < -0.39 is 5.91 Å². The minimum absolute atomic E-state index is 0.230. The van der Waals surface area contributed by atoms with Crippen LogP contribution in [0.5, 0.6) is 0 Å². The van der Waals surface area contributed by atoms with Crippen LogP contribution < -0.4 is 10.9 Å². The zero-order valence-electron chi connectivity index (χ0n) is 12.7. The number of halogens is 2. The summed E-state index contributed by atoms with van der Waals surface area (Å²) in [7, 11) is 0. The highest BCUT2D eigenvalue weighted by atomic mass is 79.9. The number of aromatic nitrogens is 2. The molecule has 1 aromatic heterocycles. The first-order valence-electron chi connectivity index (χ1n) is 7.12. The molecule has 0 radical (unpaired) electrons. The molecule has 1 amide bonds. The molecule has 2 aromatic carbocycles. The van der Waals surface area contributed by atoms with Gasteiger partial charge in [0.2, 0.25) is 5.91 Å². The zero-order chi connectivity index (χ0) is 18.0. The van der Waals surface area contributed by atoms with Crippen LogP contribution in [0.1, 0.15) is 5.56 Å². The fourth-order valence-corrected chi connectivity index (χ4v) is 2.84. The number of fused-ring (bicyclic) bond motifs is 1. The predicted octanol–water partition coefficient (Wildman–Crippen LogP) is 3.32. The average Bonchev–Trinajstić information content (AvgIpc) is 2.58. The number of hydrogen-bond donors (Lipinski definition) is 1. The number of carbonyl (C=O) groups excluding carboxylic acids is 1. The maximum Gasteiger partial charge on any atom is 0.261 e. The van der Waals surface area contributed by atoms with Crippen molar-refractivity contribution in [2.75, 3.05) is 5.32 Å². The number of carbonyl (C=O) groups is 1. The molecule has 0 spiro atoms. The molecule has 1 N–H and O–H groups in total. The minimum Gasteiger partial charge on any atom is -0.323 e. The van der Waals surface area contributed by atoms with Crippen LogP contribution in [-0.4, -0.2) is 15.5 Å². The SMILES string of the molecule is N#Cc1ccc(Cl)cc1NC(=O)Cn1cnc2ccc(Br)cc2c1=O. The molecule has 0 fully saturated rings. The summed E-state index contributed by atoms with van der Waals surface area (Å²) in [5.41, 5.74) is 0.801. The third kappa shape index (κ3) is 3.71. The van der Waals surface area contributed by atoms with Crippen molar-refractivity contribution in [1.82, 2.24) is 9.55 Å². The summed E-state index contributed by atoms with van der Waals surface area (Å²) in [5.74, 6) is -0.461. The number of nitrogens with zero attached hydrogens (tertiary/aromatic N) is 3. The third-order valence-corrected chi connectivity index (χ3v) is 4.20. The summed E-state index contributed by atoms with van der Waals surface area (Å²) in [6.45, 7) is -0.230. The molecule has 25 heavy (non-hydrogen) atoms. The van der Waals surface area contributed by atoms with Crippen LogP contribution in [0.25, 0.3) is 10.9 Å². The van der Waals surface area contributed by atoms with Gasteiger partial charge in [0, 0.05) is 9.50 Å². The molecule has 0 aliphatic heterocycles. The van der Waals surface area contributed by atoms with Crippen molar-refractivity contribution in [2.45, 2.75) is 6.54 Å². The van der Waals surface area contributed by atoms with E-state index in [1.165, 1.54) is 23.0 Å². The van der Waals surface area contributed by atoms with Gasteiger partial charge in [-0.25, -0.2) is 4.98 Å². The van der Waals surface area contributed by atoms with Gasteiger partial charge in [0.1, 0.15) is 12.6 Å². The van der Waals surface area contributed by atoms with E-state index in [9.17, 15) is 9.59 Å². The van der Waals surface area contributed by atoms with E-state index in [4.69, 9.17) is 16.9 Å². The van der Waals surface area contributed by atoms with Gasteiger partial charge in [0.25, 0.3) is 5.56 Å². The number of hydrogen-bond acceptors (Lipinski definition) is 4. The van der Waals surface area contributed by atoms with Gasteiger partial charge in [-0.1, -0.05) is 27.5 Å². The van der Waals surface area contributed by atoms with E-state index in [0.29, 0.717) is 21.6 Å². The molecule has 6 nitrogen and oxygen atoms in total. The minimum atomic E-state index is -0.461. The van der Waals surface area contributed by atoms with Crippen molar-refractivity contribution in [3.8, 4) is 6.07 Å².